The second kappa shape index (κ2) is 6.89. The number of carbonyl (C=O) groups excluding carboxylic acids is 2. The zero-order valence-corrected chi connectivity index (χ0v) is 15.7. The Morgan fingerprint density at radius 2 is 2.00 bits per heavy atom. The molecule has 2 amide bonds. The Morgan fingerprint density at radius 1 is 1.15 bits per heavy atom. The third-order valence-electron chi connectivity index (χ3n) is 6.88. The van der Waals surface area contributed by atoms with E-state index in [1.165, 1.54) is 0 Å². The topological polar surface area (TPSA) is 83.4 Å². The molecule has 8 heteroatoms. The maximum absolute atomic E-state index is 13.1. The fraction of sp³-hybridized carbons (Fsp3) is 0.789. The summed E-state index contributed by atoms with van der Waals surface area (Å²) >= 11 is 0. The first-order valence-corrected chi connectivity index (χ1v) is 10.4. The van der Waals surface area contributed by atoms with E-state index in [2.05, 4.69) is 20.5 Å². The summed E-state index contributed by atoms with van der Waals surface area (Å²) in [7, 11) is 0. The van der Waals surface area contributed by atoms with Gasteiger partial charge in [0.15, 0.2) is 5.69 Å². The first-order chi connectivity index (χ1) is 13.2. The number of rotatable bonds is 2. The summed E-state index contributed by atoms with van der Waals surface area (Å²) in [5.74, 6) is 1.11. The molecular formula is C19H28N6O2. The fourth-order valence-electron chi connectivity index (χ4n) is 5.56. The molecule has 1 aromatic rings. The van der Waals surface area contributed by atoms with E-state index < -0.39 is 0 Å². The molecule has 4 aliphatic heterocycles. The summed E-state index contributed by atoms with van der Waals surface area (Å²) < 4.78 is 1.88. The smallest absolute Gasteiger partial charge is 0.276 e. The maximum Gasteiger partial charge on any atom is 0.276 e. The monoisotopic (exact) mass is 372 g/mol. The van der Waals surface area contributed by atoms with Gasteiger partial charge in [0.05, 0.1) is 12.2 Å². The number of amides is 2. The normalized spacial score (nSPS) is 31.7. The van der Waals surface area contributed by atoms with E-state index in [0.29, 0.717) is 41.9 Å². The molecule has 4 fully saturated rings. The van der Waals surface area contributed by atoms with Crippen LogP contribution in [0.1, 0.15) is 55.1 Å². The number of likely N-dealkylation sites (tertiary alicyclic amines) is 1. The van der Waals surface area contributed by atoms with E-state index in [0.717, 1.165) is 64.8 Å². The van der Waals surface area contributed by atoms with Gasteiger partial charge < -0.3 is 15.1 Å². The van der Waals surface area contributed by atoms with E-state index in [-0.39, 0.29) is 5.91 Å². The second-order valence-corrected chi connectivity index (χ2v) is 8.64. The van der Waals surface area contributed by atoms with Crippen molar-refractivity contribution in [3.8, 4) is 0 Å². The van der Waals surface area contributed by atoms with Crippen molar-refractivity contribution in [2.45, 2.75) is 50.6 Å². The zero-order chi connectivity index (χ0) is 18.4. The number of aromatic nitrogens is 3. The van der Waals surface area contributed by atoms with Gasteiger partial charge in [0.1, 0.15) is 0 Å². The van der Waals surface area contributed by atoms with E-state index in [1.54, 1.807) is 0 Å². The summed E-state index contributed by atoms with van der Waals surface area (Å²) in [4.78, 5) is 29.4. The van der Waals surface area contributed by atoms with E-state index in [1.807, 2.05) is 15.8 Å². The molecule has 2 unspecified atom stereocenters. The molecule has 1 N–H and O–H groups in total. The molecular weight excluding hydrogens is 344 g/mol. The lowest BCUT2D eigenvalue weighted by atomic mass is 9.76. The van der Waals surface area contributed by atoms with Gasteiger partial charge in [-0.15, -0.1) is 5.10 Å². The van der Waals surface area contributed by atoms with Gasteiger partial charge >= 0.3 is 0 Å². The maximum atomic E-state index is 13.1. The first kappa shape index (κ1) is 17.2. The fourth-order valence-corrected chi connectivity index (χ4v) is 5.56. The molecule has 27 heavy (non-hydrogen) atoms. The van der Waals surface area contributed by atoms with Crippen LogP contribution in [-0.4, -0.2) is 75.4 Å². The number of piperidine rings is 4. The molecule has 2 bridgehead atoms. The lowest BCUT2D eigenvalue weighted by molar-refractivity contribution is -0.144. The lowest BCUT2D eigenvalue weighted by Crippen LogP contribution is -2.61. The van der Waals surface area contributed by atoms with Crippen LogP contribution in [0.3, 0.4) is 0 Å². The Hall–Kier alpha value is -1.96. The Kier molecular flexibility index (Phi) is 4.38. The van der Waals surface area contributed by atoms with Gasteiger partial charge in [-0.05, 0) is 57.0 Å². The molecule has 146 valence electrons. The van der Waals surface area contributed by atoms with Crippen molar-refractivity contribution >= 4 is 11.8 Å². The number of nitrogens with one attached hydrogen (secondary N) is 1. The van der Waals surface area contributed by atoms with Crippen molar-refractivity contribution < 1.29 is 9.59 Å². The predicted molar refractivity (Wildman–Crippen MR) is 98.0 cm³/mol. The molecule has 1 aromatic heterocycles. The van der Waals surface area contributed by atoms with Crippen LogP contribution < -0.4 is 5.32 Å². The van der Waals surface area contributed by atoms with Crippen molar-refractivity contribution in [2.75, 3.05) is 32.7 Å². The quantitative estimate of drug-likeness (QED) is 0.825. The minimum Gasteiger partial charge on any atom is -0.339 e. The third kappa shape index (κ3) is 3.13. The van der Waals surface area contributed by atoms with Crippen LogP contribution in [0.4, 0.5) is 0 Å². The Labute approximate surface area is 159 Å². The molecule has 3 atom stereocenters. The Bertz CT molecular complexity index is 728. The first-order valence-electron chi connectivity index (χ1n) is 10.4. The highest BCUT2D eigenvalue weighted by Gasteiger charge is 2.45. The second-order valence-electron chi connectivity index (χ2n) is 8.64. The molecule has 4 aliphatic rings. The van der Waals surface area contributed by atoms with Crippen molar-refractivity contribution in [1.29, 1.82) is 0 Å². The summed E-state index contributed by atoms with van der Waals surface area (Å²) in [6.07, 6.45) is 7.78. The Balaban J connectivity index is 1.29. The minimum atomic E-state index is 0.000436. The van der Waals surface area contributed by atoms with E-state index in [9.17, 15) is 9.59 Å². The van der Waals surface area contributed by atoms with Crippen LogP contribution >= 0.6 is 0 Å². The molecule has 0 radical (unpaired) electrons. The summed E-state index contributed by atoms with van der Waals surface area (Å²) in [5, 5.41) is 11.8. The molecule has 8 nitrogen and oxygen atoms in total. The molecule has 0 aromatic carbocycles. The standard InChI is InChI=1S/C19H28N6O2/c26-18-3-1-2-17-14-8-13(10-24(17)18)9-23(11-14)19(27)16-12-25(22-21-16)15-4-6-20-7-5-15/h12-15,17,20H,1-11H2/t13?,14?,17-/m0/s1. The average Bonchev–Trinajstić information content (AvgIpc) is 3.19. The number of hydrogen-bond donors (Lipinski definition) is 1. The largest absolute Gasteiger partial charge is 0.339 e. The number of nitrogens with zero attached hydrogens (tertiary/aromatic N) is 5. The molecule has 0 spiro atoms. The van der Waals surface area contributed by atoms with Crippen molar-refractivity contribution in [1.82, 2.24) is 30.1 Å². The third-order valence-corrected chi connectivity index (χ3v) is 6.88. The van der Waals surface area contributed by atoms with Crippen LogP contribution in [0.15, 0.2) is 6.20 Å². The van der Waals surface area contributed by atoms with Gasteiger partial charge in [-0.1, -0.05) is 5.21 Å². The summed E-state index contributed by atoms with van der Waals surface area (Å²) in [6, 6.07) is 0.659. The molecule has 5 rings (SSSR count). The minimum absolute atomic E-state index is 0.000436. The van der Waals surface area contributed by atoms with Gasteiger partial charge in [-0.3, -0.25) is 9.59 Å². The highest BCUT2D eigenvalue weighted by molar-refractivity contribution is 5.92. The highest BCUT2D eigenvalue weighted by atomic mass is 16.2. The van der Waals surface area contributed by atoms with Gasteiger partial charge in [0.25, 0.3) is 5.91 Å². The summed E-state index contributed by atoms with van der Waals surface area (Å²) in [5.41, 5.74) is 0.463. The van der Waals surface area contributed by atoms with Crippen LogP contribution in [0.25, 0.3) is 0 Å². The zero-order valence-electron chi connectivity index (χ0n) is 15.7. The SMILES string of the molecule is O=C(c1cn(C2CCNCC2)nn1)N1CC2CC(C1)[C@@H]1CCCC(=O)N1C2. The van der Waals surface area contributed by atoms with Crippen LogP contribution in [0.5, 0.6) is 0 Å². The van der Waals surface area contributed by atoms with Crippen LogP contribution in [0.2, 0.25) is 0 Å². The van der Waals surface area contributed by atoms with Gasteiger partial charge in [0, 0.05) is 32.1 Å². The summed E-state index contributed by atoms with van der Waals surface area (Å²) in [6.45, 7) is 4.25. The van der Waals surface area contributed by atoms with Crippen LogP contribution in [-0.2, 0) is 4.79 Å². The van der Waals surface area contributed by atoms with Crippen LogP contribution in [0, 0.1) is 11.8 Å². The predicted octanol–water partition coefficient (Wildman–Crippen LogP) is 0.676. The van der Waals surface area contributed by atoms with Gasteiger partial charge in [-0.25, -0.2) is 4.68 Å². The average molecular weight is 372 g/mol. The van der Waals surface area contributed by atoms with Crippen molar-refractivity contribution in [3.05, 3.63) is 11.9 Å². The van der Waals surface area contributed by atoms with Crippen molar-refractivity contribution in [3.63, 3.8) is 0 Å². The molecule has 5 heterocycles. The van der Waals surface area contributed by atoms with Gasteiger partial charge in [-0.2, -0.15) is 0 Å². The Morgan fingerprint density at radius 3 is 2.85 bits per heavy atom. The van der Waals surface area contributed by atoms with Crippen molar-refractivity contribution in [2.24, 2.45) is 11.8 Å². The van der Waals surface area contributed by atoms with Gasteiger partial charge in [0.2, 0.25) is 5.91 Å². The molecule has 4 saturated heterocycles. The molecule has 0 saturated carbocycles. The number of carbonyl (C=O) groups is 2. The highest BCUT2D eigenvalue weighted by Crippen LogP contribution is 2.38. The van der Waals surface area contributed by atoms with E-state index >= 15 is 0 Å². The lowest BCUT2D eigenvalue weighted by Gasteiger charge is -2.52. The van der Waals surface area contributed by atoms with E-state index in [4.69, 9.17) is 0 Å². The number of fused-ring (bicyclic) bond motifs is 4. The molecule has 0 aliphatic carbocycles. The number of hydrogen-bond acceptors (Lipinski definition) is 5.